The lowest BCUT2D eigenvalue weighted by Crippen LogP contribution is -2.35. The number of aliphatic hydroxyl groups is 1. The van der Waals surface area contributed by atoms with E-state index in [4.69, 9.17) is 5.73 Å². The molecule has 0 unspecified atom stereocenters. The summed E-state index contributed by atoms with van der Waals surface area (Å²) in [6.07, 6.45) is 2.41. The van der Waals surface area contributed by atoms with E-state index in [-0.39, 0.29) is 11.9 Å². The van der Waals surface area contributed by atoms with Crippen molar-refractivity contribution >= 4 is 5.91 Å². The number of rotatable bonds is 8. The number of likely N-dealkylation sites (N-methyl/N-ethyl adjacent to an activating group) is 1. The molecule has 1 saturated heterocycles. The average molecular weight is 382 g/mol. The van der Waals surface area contributed by atoms with Crippen LogP contribution in [0.15, 0.2) is 54.6 Å². The molecule has 0 bridgehead atoms. The Balaban J connectivity index is 1.56. The van der Waals surface area contributed by atoms with E-state index in [2.05, 4.69) is 5.32 Å². The largest absolute Gasteiger partial charge is 0.387 e. The lowest BCUT2D eigenvalue weighted by molar-refractivity contribution is 0.0769. The Kier molecular flexibility index (Phi) is 7.20. The molecule has 4 N–H and O–H groups in total. The monoisotopic (exact) mass is 381 g/mol. The molecular formula is C23H31N3O2. The molecular weight excluding hydrogens is 350 g/mol. The second-order valence-electron chi connectivity index (χ2n) is 7.48. The number of hydrogen-bond acceptors (Lipinski definition) is 4. The third-order valence-corrected chi connectivity index (χ3v) is 5.55. The molecule has 150 valence electrons. The van der Waals surface area contributed by atoms with Gasteiger partial charge in [0.05, 0.1) is 6.10 Å². The molecule has 1 aliphatic heterocycles. The van der Waals surface area contributed by atoms with Gasteiger partial charge in [-0.1, -0.05) is 42.5 Å². The molecule has 0 saturated carbocycles. The minimum Gasteiger partial charge on any atom is -0.387 e. The van der Waals surface area contributed by atoms with Crippen LogP contribution in [0.2, 0.25) is 0 Å². The fourth-order valence-corrected chi connectivity index (χ4v) is 3.95. The Morgan fingerprint density at radius 1 is 1.18 bits per heavy atom. The van der Waals surface area contributed by atoms with Crippen molar-refractivity contribution in [3.05, 3.63) is 71.3 Å². The van der Waals surface area contributed by atoms with Gasteiger partial charge in [-0.2, -0.15) is 0 Å². The molecule has 1 amide bonds. The molecule has 5 heteroatoms. The van der Waals surface area contributed by atoms with Crippen molar-refractivity contribution in [1.82, 2.24) is 10.2 Å². The summed E-state index contributed by atoms with van der Waals surface area (Å²) in [6.45, 7) is 3.68. The van der Waals surface area contributed by atoms with Crippen LogP contribution in [0.3, 0.4) is 0 Å². The van der Waals surface area contributed by atoms with Crippen molar-refractivity contribution in [2.24, 2.45) is 5.73 Å². The smallest absolute Gasteiger partial charge is 0.253 e. The summed E-state index contributed by atoms with van der Waals surface area (Å²) in [5, 5.41) is 14.2. The Labute approximate surface area is 167 Å². The number of nitrogens with one attached hydrogen (secondary N) is 1. The molecule has 0 aliphatic carbocycles. The predicted octanol–water partition coefficient (Wildman–Crippen LogP) is 2.50. The standard InChI is InChI=1S/C23H31N3O2/c1-2-26(15-14-24)23(28)19-10-8-17(9-11-19)16-20-12-13-21(25-20)22(27)18-6-4-3-5-7-18/h3-11,20-22,25,27H,2,12-16,24H2,1H3/t20-,21+,22+/m0/s1. The molecule has 0 aromatic heterocycles. The highest BCUT2D eigenvalue weighted by Crippen LogP contribution is 2.26. The first-order chi connectivity index (χ1) is 13.6. The van der Waals surface area contributed by atoms with Crippen molar-refractivity contribution in [2.45, 2.75) is 44.4 Å². The highest BCUT2D eigenvalue weighted by atomic mass is 16.3. The summed E-state index contributed by atoms with van der Waals surface area (Å²) in [4.78, 5) is 14.3. The minimum atomic E-state index is -0.478. The number of nitrogens with two attached hydrogens (primary N) is 1. The third kappa shape index (κ3) is 4.98. The Bertz CT molecular complexity index is 748. The fourth-order valence-electron chi connectivity index (χ4n) is 3.95. The van der Waals surface area contributed by atoms with Gasteiger partial charge in [0.1, 0.15) is 0 Å². The summed E-state index contributed by atoms with van der Waals surface area (Å²) >= 11 is 0. The second kappa shape index (κ2) is 9.82. The van der Waals surface area contributed by atoms with Crippen molar-refractivity contribution < 1.29 is 9.90 Å². The van der Waals surface area contributed by atoms with Crippen LogP contribution in [0.1, 0.15) is 47.4 Å². The zero-order valence-corrected chi connectivity index (χ0v) is 16.6. The lowest BCUT2D eigenvalue weighted by Gasteiger charge is -2.21. The summed E-state index contributed by atoms with van der Waals surface area (Å²) in [5.41, 5.74) is 8.45. The fraction of sp³-hybridized carbons (Fsp3) is 0.435. The van der Waals surface area contributed by atoms with Crippen LogP contribution in [0.25, 0.3) is 0 Å². The van der Waals surface area contributed by atoms with E-state index < -0.39 is 6.10 Å². The maximum atomic E-state index is 12.5. The topological polar surface area (TPSA) is 78.6 Å². The maximum absolute atomic E-state index is 12.5. The summed E-state index contributed by atoms with van der Waals surface area (Å²) < 4.78 is 0. The Morgan fingerprint density at radius 2 is 1.89 bits per heavy atom. The number of benzene rings is 2. The zero-order valence-electron chi connectivity index (χ0n) is 16.6. The van der Waals surface area contributed by atoms with Crippen LogP contribution in [-0.4, -0.2) is 47.6 Å². The second-order valence-corrected chi connectivity index (χ2v) is 7.48. The van der Waals surface area contributed by atoms with Crippen molar-refractivity contribution in [1.29, 1.82) is 0 Å². The molecule has 1 heterocycles. The zero-order chi connectivity index (χ0) is 19.9. The van der Waals surface area contributed by atoms with E-state index >= 15 is 0 Å². The van der Waals surface area contributed by atoms with Gasteiger partial charge in [-0.05, 0) is 49.4 Å². The summed E-state index contributed by atoms with van der Waals surface area (Å²) in [7, 11) is 0. The maximum Gasteiger partial charge on any atom is 0.253 e. The highest BCUT2D eigenvalue weighted by molar-refractivity contribution is 5.94. The lowest BCUT2D eigenvalue weighted by atomic mass is 10.0. The predicted molar refractivity (Wildman–Crippen MR) is 112 cm³/mol. The first kappa shape index (κ1) is 20.5. The molecule has 28 heavy (non-hydrogen) atoms. The van der Waals surface area contributed by atoms with Crippen LogP contribution in [0.5, 0.6) is 0 Å². The Hall–Kier alpha value is -2.21. The van der Waals surface area contributed by atoms with E-state index in [1.165, 1.54) is 5.56 Å². The SMILES string of the molecule is CCN(CCN)C(=O)c1ccc(C[C@@H]2CC[C@H]([C@H](O)c3ccccc3)N2)cc1. The minimum absolute atomic E-state index is 0.0320. The summed E-state index contributed by atoms with van der Waals surface area (Å²) in [5.74, 6) is 0.0320. The van der Waals surface area contributed by atoms with Gasteiger partial charge in [0.2, 0.25) is 0 Å². The molecule has 2 aromatic rings. The molecule has 1 fully saturated rings. The molecule has 3 atom stereocenters. The highest BCUT2D eigenvalue weighted by Gasteiger charge is 2.29. The first-order valence-corrected chi connectivity index (χ1v) is 10.2. The summed E-state index contributed by atoms with van der Waals surface area (Å²) in [6, 6.07) is 18.1. The van der Waals surface area contributed by atoms with Crippen LogP contribution >= 0.6 is 0 Å². The molecule has 3 rings (SSSR count). The van der Waals surface area contributed by atoms with Crippen molar-refractivity contribution in [2.75, 3.05) is 19.6 Å². The van der Waals surface area contributed by atoms with Gasteiger partial charge in [0, 0.05) is 37.3 Å². The molecule has 5 nitrogen and oxygen atoms in total. The third-order valence-electron chi connectivity index (χ3n) is 5.55. The molecule has 2 aromatic carbocycles. The van der Waals surface area contributed by atoms with Gasteiger partial charge in [-0.25, -0.2) is 0 Å². The number of carbonyl (C=O) groups excluding carboxylic acids is 1. The van der Waals surface area contributed by atoms with E-state index in [0.29, 0.717) is 31.2 Å². The van der Waals surface area contributed by atoms with Crippen LogP contribution in [0.4, 0.5) is 0 Å². The number of hydrogen-bond donors (Lipinski definition) is 3. The normalized spacial score (nSPS) is 20.1. The molecule has 0 radical (unpaired) electrons. The molecule has 1 aliphatic rings. The average Bonchev–Trinajstić information content (AvgIpc) is 3.20. The van der Waals surface area contributed by atoms with Gasteiger partial charge in [-0.15, -0.1) is 0 Å². The van der Waals surface area contributed by atoms with Gasteiger partial charge >= 0.3 is 0 Å². The van der Waals surface area contributed by atoms with E-state index in [9.17, 15) is 9.90 Å². The van der Waals surface area contributed by atoms with Gasteiger partial charge in [-0.3, -0.25) is 4.79 Å². The quantitative estimate of drug-likeness (QED) is 0.656. The number of nitrogens with zero attached hydrogens (tertiary/aromatic N) is 1. The number of aliphatic hydroxyl groups excluding tert-OH is 1. The van der Waals surface area contributed by atoms with Crippen LogP contribution in [0, 0.1) is 0 Å². The van der Waals surface area contributed by atoms with Crippen LogP contribution < -0.4 is 11.1 Å². The van der Waals surface area contributed by atoms with Gasteiger partial charge < -0.3 is 21.1 Å². The molecule has 0 spiro atoms. The van der Waals surface area contributed by atoms with E-state index in [1.807, 2.05) is 61.5 Å². The van der Waals surface area contributed by atoms with Crippen molar-refractivity contribution in [3.63, 3.8) is 0 Å². The number of amides is 1. The van der Waals surface area contributed by atoms with Gasteiger partial charge in [0.25, 0.3) is 5.91 Å². The van der Waals surface area contributed by atoms with Crippen LogP contribution in [-0.2, 0) is 6.42 Å². The van der Waals surface area contributed by atoms with E-state index in [1.54, 1.807) is 4.90 Å². The van der Waals surface area contributed by atoms with E-state index in [0.717, 1.165) is 24.8 Å². The van der Waals surface area contributed by atoms with Crippen molar-refractivity contribution in [3.8, 4) is 0 Å². The Morgan fingerprint density at radius 3 is 2.54 bits per heavy atom. The first-order valence-electron chi connectivity index (χ1n) is 10.2. The van der Waals surface area contributed by atoms with Gasteiger partial charge in [0.15, 0.2) is 0 Å². The number of carbonyl (C=O) groups is 1.